The Kier molecular flexibility index (Phi) is 5.28. The molecule has 23 heavy (non-hydrogen) atoms. The first-order valence-electron chi connectivity index (χ1n) is 6.48. The highest BCUT2D eigenvalue weighted by atomic mass is 79.9. The molecule has 120 valence electrons. The van der Waals surface area contributed by atoms with Crippen LogP contribution >= 0.6 is 15.9 Å². The first-order chi connectivity index (χ1) is 10.9. The van der Waals surface area contributed by atoms with Crippen molar-refractivity contribution < 1.29 is 23.5 Å². The Morgan fingerprint density at radius 1 is 1.30 bits per heavy atom. The van der Waals surface area contributed by atoms with Crippen molar-refractivity contribution in [1.82, 2.24) is 4.98 Å². The van der Waals surface area contributed by atoms with E-state index < -0.39 is 24.3 Å². The second-order valence-electron chi connectivity index (χ2n) is 4.61. The van der Waals surface area contributed by atoms with Gasteiger partial charge in [-0.05, 0) is 31.2 Å². The molecular formula is C15H12BrFN2O4. The monoisotopic (exact) mass is 382 g/mol. The number of amides is 1. The number of Topliss-reactive ketones (excluding diaryl/α,β-unsaturated/α-hetero) is 1. The minimum Gasteiger partial charge on any atom is -0.451 e. The molecule has 1 heterocycles. The van der Waals surface area contributed by atoms with E-state index in [9.17, 15) is 18.8 Å². The molecule has 0 radical (unpaired) electrons. The molecule has 2 rings (SSSR count). The Morgan fingerprint density at radius 3 is 2.65 bits per heavy atom. The summed E-state index contributed by atoms with van der Waals surface area (Å²) in [7, 11) is 0. The largest absolute Gasteiger partial charge is 0.451 e. The van der Waals surface area contributed by atoms with Gasteiger partial charge in [0.2, 0.25) is 0 Å². The van der Waals surface area contributed by atoms with E-state index in [0.717, 1.165) is 0 Å². The summed E-state index contributed by atoms with van der Waals surface area (Å²) in [5.74, 6) is -2.29. The highest BCUT2D eigenvalue weighted by Gasteiger charge is 2.14. The third-order valence-corrected chi connectivity index (χ3v) is 3.34. The molecule has 0 saturated carbocycles. The number of hydrogen-bond donors (Lipinski definition) is 2. The van der Waals surface area contributed by atoms with E-state index in [1.54, 1.807) is 6.07 Å². The zero-order valence-electron chi connectivity index (χ0n) is 12.0. The number of benzene rings is 1. The minimum absolute atomic E-state index is 0.0204. The maximum atomic E-state index is 13.6. The van der Waals surface area contributed by atoms with Crippen LogP contribution in [0.15, 0.2) is 34.9 Å². The van der Waals surface area contributed by atoms with Crippen molar-refractivity contribution in [3.63, 3.8) is 0 Å². The van der Waals surface area contributed by atoms with Crippen LogP contribution in [0.25, 0.3) is 0 Å². The lowest BCUT2D eigenvalue weighted by atomic mass is 10.2. The summed E-state index contributed by atoms with van der Waals surface area (Å²) >= 11 is 3.10. The molecule has 1 aromatic carbocycles. The van der Waals surface area contributed by atoms with Gasteiger partial charge < -0.3 is 15.0 Å². The highest BCUT2D eigenvalue weighted by Crippen LogP contribution is 2.19. The number of anilines is 1. The van der Waals surface area contributed by atoms with Crippen LogP contribution in [0.1, 0.15) is 27.8 Å². The molecule has 1 aromatic heterocycles. The summed E-state index contributed by atoms with van der Waals surface area (Å²) in [6, 6.07) is 5.47. The number of aromatic nitrogens is 1. The predicted octanol–water partition coefficient (Wildman–Crippen LogP) is 2.91. The lowest BCUT2D eigenvalue weighted by Crippen LogP contribution is -2.21. The van der Waals surface area contributed by atoms with Crippen LogP contribution in [0.5, 0.6) is 0 Å². The third kappa shape index (κ3) is 4.49. The van der Waals surface area contributed by atoms with Crippen LogP contribution in [0.4, 0.5) is 10.1 Å². The summed E-state index contributed by atoms with van der Waals surface area (Å²) in [5.41, 5.74) is 0.365. The molecule has 0 unspecified atom stereocenters. The Balaban J connectivity index is 1.90. The number of aromatic amines is 1. The highest BCUT2D eigenvalue weighted by molar-refractivity contribution is 9.10. The Hall–Kier alpha value is -2.48. The van der Waals surface area contributed by atoms with Gasteiger partial charge in [0.05, 0.1) is 5.69 Å². The Labute approximate surface area is 139 Å². The number of rotatable bonds is 5. The molecule has 0 aliphatic heterocycles. The van der Waals surface area contributed by atoms with Gasteiger partial charge in [-0.2, -0.15) is 0 Å². The molecule has 0 saturated heterocycles. The number of carbonyl (C=O) groups excluding carboxylic acids is 3. The van der Waals surface area contributed by atoms with Crippen LogP contribution in [-0.4, -0.2) is 29.3 Å². The molecule has 1 amide bonds. The van der Waals surface area contributed by atoms with E-state index in [0.29, 0.717) is 10.0 Å². The number of carbonyl (C=O) groups is 3. The lowest BCUT2D eigenvalue weighted by Gasteiger charge is -2.07. The number of ether oxygens (including phenoxy) is 1. The van der Waals surface area contributed by atoms with Gasteiger partial charge in [-0.15, -0.1) is 0 Å². The van der Waals surface area contributed by atoms with E-state index in [2.05, 4.69) is 26.2 Å². The Morgan fingerprint density at radius 2 is 2.04 bits per heavy atom. The van der Waals surface area contributed by atoms with E-state index in [1.165, 1.54) is 31.3 Å². The molecule has 0 atom stereocenters. The number of hydrogen-bond acceptors (Lipinski definition) is 4. The predicted molar refractivity (Wildman–Crippen MR) is 83.8 cm³/mol. The summed E-state index contributed by atoms with van der Waals surface area (Å²) < 4.78 is 18.9. The normalized spacial score (nSPS) is 10.2. The lowest BCUT2D eigenvalue weighted by molar-refractivity contribution is -0.119. The standard InChI is InChI=1S/C15H12BrFN2O4/c1-8(20)9-4-13(18-6-9)15(22)23-7-14(21)19-12-3-2-10(16)5-11(12)17/h2-6,18H,7H2,1H3,(H,19,21). The summed E-state index contributed by atoms with van der Waals surface area (Å²) in [4.78, 5) is 37.1. The molecule has 0 fully saturated rings. The molecule has 0 bridgehead atoms. The molecule has 2 aromatic rings. The van der Waals surface area contributed by atoms with Crippen molar-refractivity contribution >= 4 is 39.3 Å². The van der Waals surface area contributed by atoms with E-state index in [4.69, 9.17) is 4.74 Å². The molecule has 8 heteroatoms. The maximum Gasteiger partial charge on any atom is 0.355 e. The van der Waals surface area contributed by atoms with Crippen molar-refractivity contribution in [2.75, 3.05) is 11.9 Å². The van der Waals surface area contributed by atoms with Crippen molar-refractivity contribution in [3.8, 4) is 0 Å². The van der Waals surface area contributed by atoms with Crippen LogP contribution in [0.3, 0.4) is 0 Å². The third-order valence-electron chi connectivity index (χ3n) is 2.85. The van der Waals surface area contributed by atoms with Crippen molar-refractivity contribution in [2.24, 2.45) is 0 Å². The maximum absolute atomic E-state index is 13.6. The van der Waals surface area contributed by atoms with Gasteiger partial charge in [-0.3, -0.25) is 9.59 Å². The fourth-order valence-electron chi connectivity index (χ4n) is 1.70. The molecule has 0 aliphatic rings. The minimum atomic E-state index is -0.788. The molecular weight excluding hydrogens is 371 g/mol. The summed E-state index contributed by atoms with van der Waals surface area (Å²) in [5, 5.41) is 2.29. The van der Waals surface area contributed by atoms with Gasteiger partial charge in [-0.1, -0.05) is 15.9 Å². The Bertz CT molecular complexity index is 773. The van der Waals surface area contributed by atoms with Crippen LogP contribution in [0, 0.1) is 5.82 Å². The zero-order valence-corrected chi connectivity index (χ0v) is 13.6. The van der Waals surface area contributed by atoms with Crippen LogP contribution in [-0.2, 0) is 9.53 Å². The van der Waals surface area contributed by atoms with Gasteiger partial charge in [0, 0.05) is 16.2 Å². The second kappa shape index (κ2) is 7.19. The summed E-state index contributed by atoms with van der Waals surface area (Å²) in [6.45, 7) is 0.779. The number of esters is 1. The molecule has 0 spiro atoms. The van der Waals surface area contributed by atoms with Gasteiger partial charge >= 0.3 is 5.97 Å². The first kappa shape index (κ1) is 16.9. The number of halogens is 2. The van der Waals surface area contributed by atoms with Gasteiger partial charge in [0.1, 0.15) is 11.5 Å². The smallest absolute Gasteiger partial charge is 0.355 e. The van der Waals surface area contributed by atoms with Gasteiger partial charge in [0.15, 0.2) is 12.4 Å². The first-order valence-corrected chi connectivity index (χ1v) is 7.27. The molecule has 6 nitrogen and oxygen atoms in total. The number of nitrogens with one attached hydrogen (secondary N) is 2. The van der Waals surface area contributed by atoms with Crippen molar-refractivity contribution in [2.45, 2.75) is 6.92 Å². The number of H-pyrrole nitrogens is 1. The fourth-order valence-corrected chi connectivity index (χ4v) is 2.03. The SMILES string of the molecule is CC(=O)c1c[nH]c(C(=O)OCC(=O)Nc2ccc(Br)cc2F)c1. The zero-order chi connectivity index (χ0) is 17.0. The van der Waals surface area contributed by atoms with Gasteiger partial charge in [-0.25, -0.2) is 9.18 Å². The van der Waals surface area contributed by atoms with Crippen LogP contribution < -0.4 is 5.32 Å². The van der Waals surface area contributed by atoms with Crippen molar-refractivity contribution in [3.05, 3.63) is 52.0 Å². The quantitative estimate of drug-likeness (QED) is 0.614. The van der Waals surface area contributed by atoms with Crippen molar-refractivity contribution in [1.29, 1.82) is 0 Å². The van der Waals surface area contributed by atoms with E-state index in [-0.39, 0.29) is 17.2 Å². The number of ketones is 1. The van der Waals surface area contributed by atoms with Crippen LogP contribution in [0.2, 0.25) is 0 Å². The average molecular weight is 383 g/mol. The topological polar surface area (TPSA) is 88.3 Å². The van der Waals surface area contributed by atoms with Gasteiger partial charge in [0.25, 0.3) is 5.91 Å². The summed E-state index contributed by atoms with van der Waals surface area (Å²) in [6.07, 6.45) is 1.37. The molecule has 0 aliphatic carbocycles. The molecule has 2 N–H and O–H groups in total. The average Bonchev–Trinajstić information content (AvgIpc) is 2.98. The van der Waals surface area contributed by atoms with E-state index in [1.807, 2.05) is 0 Å². The van der Waals surface area contributed by atoms with E-state index >= 15 is 0 Å². The fraction of sp³-hybridized carbons (Fsp3) is 0.133. The second-order valence-corrected chi connectivity index (χ2v) is 5.52.